The molecule has 3 rings (SSSR count). The Balaban J connectivity index is 1.97. The Morgan fingerprint density at radius 3 is 2.80 bits per heavy atom. The Kier molecular flexibility index (Phi) is 2.97. The summed E-state index contributed by atoms with van der Waals surface area (Å²) in [6, 6.07) is 6.30. The molecule has 2 aromatic rings. The molecule has 1 amide bonds. The molecule has 0 saturated carbocycles. The van der Waals surface area contributed by atoms with Crippen molar-refractivity contribution in [2.24, 2.45) is 7.05 Å². The van der Waals surface area contributed by atoms with Crippen LogP contribution in [0.4, 0.5) is 4.79 Å². The smallest absolute Gasteiger partial charge is 0.407 e. The molecule has 20 heavy (non-hydrogen) atoms. The van der Waals surface area contributed by atoms with Gasteiger partial charge in [0.25, 0.3) is 0 Å². The second-order valence-electron chi connectivity index (χ2n) is 5.35. The molecular formula is C15H17N3O2. The van der Waals surface area contributed by atoms with E-state index in [1.807, 2.05) is 26.4 Å². The van der Waals surface area contributed by atoms with Crippen molar-refractivity contribution < 1.29 is 9.90 Å². The van der Waals surface area contributed by atoms with E-state index in [0.717, 1.165) is 23.1 Å². The highest BCUT2D eigenvalue weighted by Gasteiger charge is 2.26. The van der Waals surface area contributed by atoms with Gasteiger partial charge in [0.05, 0.1) is 6.20 Å². The summed E-state index contributed by atoms with van der Waals surface area (Å²) in [5.41, 5.74) is 4.46. The highest BCUT2D eigenvalue weighted by Crippen LogP contribution is 2.28. The lowest BCUT2D eigenvalue weighted by atomic mass is 9.92. The number of aryl methyl sites for hydroxylation is 1. The van der Waals surface area contributed by atoms with Crippen molar-refractivity contribution in [3.05, 3.63) is 41.7 Å². The average molecular weight is 271 g/mol. The number of carboxylic acid groups (broad SMARTS) is 1. The number of carbonyl (C=O) groups is 1. The number of amides is 1. The van der Waals surface area contributed by atoms with Gasteiger partial charge in [-0.1, -0.05) is 12.1 Å². The maximum atomic E-state index is 11.2. The summed E-state index contributed by atoms with van der Waals surface area (Å²) < 4.78 is 1.76. The molecule has 2 heterocycles. The minimum absolute atomic E-state index is 0.0317. The number of nitrogens with zero attached hydrogens (tertiary/aromatic N) is 3. The highest BCUT2D eigenvalue weighted by atomic mass is 16.4. The monoisotopic (exact) mass is 271 g/mol. The van der Waals surface area contributed by atoms with E-state index in [1.165, 1.54) is 10.5 Å². The van der Waals surface area contributed by atoms with Crippen molar-refractivity contribution in [2.75, 3.05) is 0 Å². The molecule has 5 nitrogen and oxygen atoms in total. The first kappa shape index (κ1) is 12.7. The Bertz CT molecular complexity index is 663. The fourth-order valence-corrected chi connectivity index (χ4v) is 2.75. The van der Waals surface area contributed by atoms with E-state index >= 15 is 0 Å². The summed E-state index contributed by atoms with van der Waals surface area (Å²) in [6.45, 7) is 2.41. The zero-order chi connectivity index (χ0) is 14.3. The average Bonchev–Trinajstić information content (AvgIpc) is 2.84. The van der Waals surface area contributed by atoms with Crippen molar-refractivity contribution in [3.8, 4) is 11.1 Å². The summed E-state index contributed by atoms with van der Waals surface area (Å²) in [5.74, 6) is 0. The van der Waals surface area contributed by atoms with Crippen molar-refractivity contribution in [2.45, 2.75) is 25.9 Å². The van der Waals surface area contributed by atoms with Gasteiger partial charge in [0.1, 0.15) is 0 Å². The lowest BCUT2D eigenvalue weighted by molar-refractivity contribution is 0.119. The van der Waals surface area contributed by atoms with Crippen LogP contribution in [0.1, 0.15) is 18.1 Å². The molecule has 0 radical (unpaired) electrons. The van der Waals surface area contributed by atoms with E-state index in [0.29, 0.717) is 6.54 Å². The van der Waals surface area contributed by atoms with Crippen LogP contribution in [-0.2, 0) is 20.0 Å². The molecule has 0 fully saturated rings. The molecule has 1 aliphatic heterocycles. The number of aromatic nitrogens is 2. The first-order valence-electron chi connectivity index (χ1n) is 6.65. The van der Waals surface area contributed by atoms with Crippen LogP contribution in [0.3, 0.4) is 0 Å². The molecule has 0 spiro atoms. The van der Waals surface area contributed by atoms with E-state index in [2.05, 4.69) is 23.3 Å². The van der Waals surface area contributed by atoms with E-state index < -0.39 is 6.09 Å². The second kappa shape index (κ2) is 4.67. The summed E-state index contributed by atoms with van der Waals surface area (Å²) in [5, 5.41) is 13.4. The van der Waals surface area contributed by atoms with Crippen LogP contribution in [0.2, 0.25) is 0 Å². The summed E-state index contributed by atoms with van der Waals surface area (Å²) >= 11 is 0. The molecule has 104 valence electrons. The lowest BCUT2D eigenvalue weighted by Crippen LogP contribution is -2.41. The van der Waals surface area contributed by atoms with Crippen LogP contribution in [0.5, 0.6) is 0 Å². The van der Waals surface area contributed by atoms with Gasteiger partial charge in [-0.05, 0) is 36.1 Å². The first-order valence-corrected chi connectivity index (χ1v) is 6.65. The highest BCUT2D eigenvalue weighted by molar-refractivity contribution is 5.68. The van der Waals surface area contributed by atoms with E-state index in [4.69, 9.17) is 0 Å². The van der Waals surface area contributed by atoms with Crippen LogP contribution >= 0.6 is 0 Å². The molecule has 1 aromatic heterocycles. The summed E-state index contributed by atoms with van der Waals surface area (Å²) in [4.78, 5) is 12.7. The quantitative estimate of drug-likeness (QED) is 0.867. The predicted octanol–water partition coefficient (Wildman–Crippen LogP) is 2.51. The third-order valence-corrected chi connectivity index (χ3v) is 3.88. The van der Waals surface area contributed by atoms with E-state index in [-0.39, 0.29) is 6.04 Å². The van der Waals surface area contributed by atoms with Crippen LogP contribution < -0.4 is 0 Å². The minimum atomic E-state index is -0.852. The van der Waals surface area contributed by atoms with Crippen LogP contribution in [0.15, 0.2) is 30.6 Å². The first-order chi connectivity index (χ1) is 9.54. The minimum Gasteiger partial charge on any atom is -0.465 e. The van der Waals surface area contributed by atoms with Crippen LogP contribution in [-0.4, -0.2) is 31.9 Å². The number of hydrogen-bond acceptors (Lipinski definition) is 2. The Labute approximate surface area is 117 Å². The molecule has 0 aliphatic carbocycles. The zero-order valence-electron chi connectivity index (χ0n) is 11.6. The van der Waals surface area contributed by atoms with Gasteiger partial charge in [-0.15, -0.1) is 0 Å². The van der Waals surface area contributed by atoms with Crippen molar-refractivity contribution in [1.82, 2.24) is 14.7 Å². The maximum Gasteiger partial charge on any atom is 0.407 e. The lowest BCUT2D eigenvalue weighted by Gasteiger charge is -2.32. The van der Waals surface area contributed by atoms with Gasteiger partial charge in [-0.25, -0.2) is 4.79 Å². The predicted molar refractivity (Wildman–Crippen MR) is 75.4 cm³/mol. The normalized spacial score (nSPS) is 17.9. The third kappa shape index (κ3) is 2.15. The van der Waals surface area contributed by atoms with Gasteiger partial charge in [0, 0.05) is 31.4 Å². The summed E-state index contributed by atoms with van der Waals surface area (Å²) in [6.07, 6.45) is 3.70. The zero-order valence-corrected chi connectivity index (χ0v) is 11.6. The molecule has 1 aliphatic rings. The standard InChI is InChI=1S/C15H17N3O2/c1-10-5-11-3-4-12(14-7-16-17(2)8-14)6-13(11)9-18(10)15(19)20/h3-4,6-8,10H,5,9H2,1-2H3,(H,19,20). The van der Waals surface area contributed by atoms with Gasteiger partial charge in [0.2, 0.25) is 0 Å². The second-order valence-corrected chi connectivity index (χ2v) is 5.35. The number of hydrogen-bond donors (Lipinski definition) is 1. The van der Waals surface area contributed by atoms with Crippen molar-refractivity contribution in [3.63, 3.8) is 0 Å². The molecule has 1 atom stereocenters. The molecule has 1 aromatic carbocycles. The van der Waals surface area contributed by atoms with Gasteiger partial charge in [-0.3, -0.25) is 4.68 Å². The number of rotatable bonds is 1. The fourth-order valence-electron chi connectivity index (χ4n) is 2.75. The Morgan fingerprint density at radius 2 is 2.15 bits per heavy atom. The number of fused-ring (bicyclic) bond motifs is 1. The van der Waals surface area contributed by atoms with Gasteiger partial charge < -0.3 is 10.0 Å². The summed E-state index contributed by atoms with van der Waals surface area (Å²) in [7, 11) is 1.88. The van der Waals surface area contributed by atoms with E-state index in [1.54, 1.807) is 4.68 Å². The van der Waals surface area contributed by atoms with Gasteiger partial charge in [-0.2, -0.15) is 5.10 Å². The Hall–Kier alpha value is -2.30. The van der Waals surface area contributed by atoms with Crippen LogP contribution in [0.25, 0.3) is 11.1 Å². The molecule has 1 unspecified atom stereocenters. The molecule has 1 N–H and O–H groups in total. The Morgan fingerprint density at radius 1 is 1.35 bits per heavy atom. The SMILES string of the molecule is CC1Cc2ccc(-c3cnn(C)c3)cc2CN1C(=O)O. The third-order valence-electron chi connectivity index (χ3n) is 3.88. The van der Waals surface area contributed by atoms with Gasteiger partial charge >= 0.3 is 6.09 Å². The number of benzene rings is 1. The largest absolute Gasteiger partial charge is 0.465 e. The maximum absolute atomic E-state index is 11.2. The van der Waals surface area contributed by atoms with E-state index in [9.17, 15) is 9.90 Å². The topological polar surface area (TPSA) is 58.4 Å². The molecule has 5 heteroatoms. The van der Waals surface area contributed by atoms with Crippen molar-refractivity contribution >= 4 is 6.09 Å². The molecule has 0 saturated heterocycles. The molecule has 0 bridgehead atoms. The van der Waals surface area contributed by atoms with Crippen molar-refractivity contribution in [1.29, 1.82) is 0 Å². The van der Waals surface area contributed by atoms with Crippen LogP contribution in [0, 0.1) is 0 Å². The van der Waals surface area contributed by atoms with Gasteiger partial charge in [0.15, 0.2) is 0 Å². The molecular weight excluding hydrogens is 254 g/mol. The fraction of sp³-hybridized carbons (Fsp3) is 0.333.